The maximum absolute atomic E-state index is 12.1. The normalized spacial score (nSPS) is 35.0. The summed E-state index contributed by atoms with van der Waals surface area (Å²) in [6.45, 7) is 16.0. The predicted octanol–water partition coefficient (Wildman–Crippen LogP) is 3.50. The van der Waals surface area contributed by atoms with Crippen molar-refractivity contribution in [3.8, 4) is 0 Å². The zero-order valence-corrected chi connectivity index (χ0v) is 14.3. The van der Waals surface area contributed by atoms with E-state index in [1.807, 2.05) is 13.8 Å². The highest BCUT2D eigenvalue weighted by Crippen LogP contribution is 2.52. The van der Waals surface area contributed by atoms with Gasteiger partial charge in [-0.2, -0.15) is 0 Å². The van der Waals surface area contributed by atoms with E-state index in [0.29, 0.717) is 12.0 Å². The van der Waals surface area contributed by atoms with Gasteiger partial charge < -0.3 is 9.47 Å². The lowest BCUT2D eigenvalue weighted by atomic mass is 9.81. The van der Waals surface area contributed by atoms with Gasteiger partial charge >= 0.3 is 11.9 Å². The van der Waals surface area contributed by atoms with E-state index in [0.717, 1.165) is 29.6 Å². The largest absolute Gasteiger partial charge is 0.458 e. The van der Waals surface area contributed by atoms with Gasteiger partial charge in [0.1, 0.15) is 12.2 Å². The van der Waals surface area contributed by atoms with Gasteiger partial charge in [0.25, 0.3) is 0 Å². The molecule has 0 aromatic carbocycles. The molecule has 0 radical (unpaired) electrons. The molecule has 3 fully saturated rings. The molecule has 24 heavy (non-hydrogen) atoms. The number of rotatable bonds is 2. The summed E-state index contributed by atoms with van der Waals surface area (Å²) in [5, 5.41) is 0. The average Bonchev–Trinajstić information content (AvgIpc) is 2.95. The van der Waals surface area contributed by atoms with E-state index in [-0.39, 0.29) is 29.8 Å². The first-order valence-corrected chi connectivity index (χ1v) is 8.40. The van der Waals surface area contributed by atoms with Crippen LogP contribution >= 0.6 is 0 Å². The molecule has 0 spiro atoms. The molecule has 4 nitrogen and oxygen atoms in total. The van der Waals surface area contributed by atoms with E-state index >= 15 is 0 Å². The van der Waals surface area contributed by atoms with Crippen molar-refractivity contribution in [3.63, 3.8) is 0 Å². The second-order valence-electron chi connectivity index (χ2n) is 7.31. The second kappa shape index (κ2) is 6.08. The Bertz CT molecular complexity index is 665. The van der Waals surface area contributed by atoms with Crippen molar-refractivity contribution in [3.05, 3.63) is 48.1 Å². The molecule has 1 saturated heterocycles. The minimum Gasteiger partial charge on any atom is -0.458 e. The van der Waals surface area contributed by atoms with Crippen molar-refractivity contribution in [2.24, 2.45) is 17.8 Å². The summed E-state index contributed by atoms with van der Waals surface area (Å²) in [5.74, 6) is -0.828. The Kier molecular flexibility index (Phi) is 4.24. The van der Waals surface area contributed by atoms with Crippen molar-refractivity contribution in [2.45, 2.75) is 45.3 Å². The van der Waals surface area contributed by atoms with Crippen LogP contribution in [-0.2, 0) is 19.1 Å². The first-order valence-electron chi connectivity index (χ1n) is 8.40. The molecule has 4 heteroatoms. The number of ether oxygens (including phenoxy) is 2. The third-order valence-electron chi connectivity index (χ3n) is 5.36. The molecule has 2 saturated carbocycles. The third kappa shape index (κ3) is 2.74. The summed E-state index contributed by atoms with van der Waals surface area (Å²) in [6, 6.07) is 0. The standard InChI is InChI=1S/C20H24O4/c1-10(2)8-16(21)23-15-9-12(4)14-7-6-11(3)17(14)19-18(15)13(5)20(22)24-19/h8,14-15,17-19H,3-7,9H2,1-2H3/t14-,15-,17-,18+,19+/m0/s1. The minimum atomic E-state index is -0.469. The summed E-state index contributed by atoms with van der Waals surface area (Å²) in [6.07, 6.45) is 3.06. The molecule has 128 valence electrons. The first-order chi connectivity index (χ1) is 11.3. The summed E-state index contributed by atoms with van der Waals surface area (Å²) >= 11 is 0. The zero-order chi connectivity index (χ0) is 17.6. The number of hydrogen-bond acceptors (Lipinski definition) is 4. The van der Waals surface area contributed by atoms with Gasteiger partial charge in [0.2, 0.25) is 0 Å². The second-order valence-corrected chi connectivity index (χ2v) is 7.31. The van der Waals surface area contributed by atoms with E-state index in [1.54, 1.807) is 0 Å². The van der Waals surface area contributed by atoms with E-state index in [2.05, 4.69) is 19.7 Å². The van der Waals surface area contributed by atoms with E-state index in [4.69, 9.17) is 9.47 Å². The van der Waals surface area contributed by atoms with E-state index in [9.17, 15) is 9.59 Å². The van der Waals surface area contributed by atoms with Crippen LogP contribution in [0.15, 0.2) is 48.1 Å². The van der Waals surface area contributed by atoms with Crippen LogP contribution in [0.4, 0.5) is 0 Å². The Morgan fingerprint density at radius 1 is 1.21 bits per heavy atom. The van der Waals surface area contributed by atoms with Crippen LogP contribution in [-0.4, -0.2) is 24.1 Å². The molecule has 1 aliphatic heterocycles. The van der Waals surface area contributed by atoms with Crippen molar-refractivity contribution in [2.75, 3.05) is 0 Å². The van der Waals surface area contributed by atoms with E-state index in [1.165, 1.54) is 6.08 Å². The number of hydrogen-bond donors (Lipinski definition) is 0. The van der Waals surface area contributed by atoms with Crippen LogP contribution in [0.25, 0.3) is 0 Å². The van der Waals surface area contributed by atoms with Gasteiger partial charge in [-0.05, 0) is 32.6 Å². The molecule has 0 unspecified atom stereocenters. The Morgan fingerprint density at radius 2 is 1.92 bits per heavy atom. The molecule has 3 aliphatic rings. The molecule has 0 amide bonds. The molecule has 0 bridgehead atoms. The van der Waals surface area contributed by atoms with Gasteiger partial charge in [-0.25, -0.2) is 9.59 Å². The average molecular weight is 328 g/mol. The molecule has 0 N–H and O–H groups in total. The Morgan fingerprint density at radius 3 is 2.58 bits per heavy atom. The summed E-state index contributed by atoms with van der Waals surface area (Å²) in [7, 11) is 0. The van der Waals surface area contributed by atoms with Gasteiger partial charge in [0, 0.05) is 24.0 Å². The maximum Gasteiger partial charge on any atom is 0.334 e. The minimum absolute atomic E-state index is 0.0536. The molecule has 5 atom stereocenters. The molecular weight excluding hydrogens is 304 g/mol. The molecule has 2 aliphatic carbocycles. The smallest absolute Gasteiger partial charge is 0.334 e. The van der Waals surface area contributed by atoms with Crippen molar-refractivity contribution in [1.82, 2.24) is 0 Å². The van der Waals surface area contributed by atoms with E-state index < -0.39 is 12.1 Å². The summed E-state index contributed by atoms with van der Waals surface area (Å²) < 4.78 is 11.3. The maximum atomic E-state index is 12.1. The summed E-state index contributed by atoms with van der Waals surface area (Å²) in [5.41, 5.74) is 3.40. The quantitative estimate of drug-likeness (QED) is 0.442. The lowest BCUT2D eigenvalue weighted by molar-refractivity contribution is -0.147. The number of carbonyl (C=O) groups excluding carboxylic acids is 2. The molecule has 0 aromatic heterocycles. The SMILES string of the molecule is C=C1CC[C@H]2C(=C)C[C@H](OC(=O)C=C(C)C)[C@H]3C(=C)C(=O)O[C@@H]3[C@@H]12. The molecular formula is C20H24O4. The van der Waals surface area contributed by atoms with Crippen LogP contribution in [0.1, 0.15) is 33.1 Å². The molecule has 1 heterocycles. The lowest BCUT2D eigenvalue weighted by Crippen LogP contribution is -2.35. The highest BCUT2D eigenvalue weighted by molar-refractivity contribution is 5.91. The van der Waals surface area contributed by atoms with Gasteiger partial charge in [-0.3, -0.25) is 0 Å². The fraction of sp³-hybridized carbons (Fsp3) is 0.500. The number of allylic oxidation sites excluding steroid dienone is 1. The van der Waals surface area contributed by atoms with Crippen molar-refractivity contribution >= 4 is 11.9 Å². The van der Waals surface area contributed by atoms with Crippen LogP contribution in [0, 0.1) is 17.8 Å². The predicted molar refractivity (Wildman–Crippen MR) is 90.9 cm³/mol. The van der Waals surface area contributed by atoms with Crippen molar-refractivity contribution < 1.29 is 19.1 Å². The third-order valence-corrected chi connectivity index (χ3v) is 5.36. The zero-order valence-electron chi connectivity index (χ0n) is 14.3. The number of esters is 2. The van der Waals surface area contributed by atoms with Gasteiger partial charge in [-0.15, -0.1) is 0 Å². The van der Waals surface area contributed by atoms with Crippen LogP contribution in [0.3, 0.4) is 0 Å². The molecule has 0 aromatic rings. The Balaban J connectivity index is 1.95. The van der Waals surface area contributed by atoms with Gasteiger partial charge in [0.15, 0.2) is 0 Å². The van der Waals surface area contributed by atoms with Crippen LogP contribution in [0.2, 0.25) is 0 Å². The topological polar surface area (TPSA) is 52.6 Å². The van der Waals surface area contributed by atoms with Gasteiger partial charge in [-0.1, -0.05) is 36.5 Å². The Hall–Kier alpha value is -2.10. The molecule has 3 rings (SSSR count). The van der Waals surface area contributed by atoms with Crippen molar-refractivity contribution in [1.29, 1.82) is 0 Å². The van der Waals surface area contributed by atoms with Crippen LogP contribution in [0.5, 0.6) is 0 Å². The first kappa shape index (κ1) is 16.7. The fourth-order valence-corrected chi connectivity index (χ4v) is 4.30. The summed E-state index contributed by atoms with van der Waals surface area (Å²) in [4.78, 5) is 24.2. The fourth-order valence-electron chi connectivity index (χ4n) is 4.30. The highest BCUT2D eigenvalue weighted by atomic mass is 16.6. The number of fused-ring (bicyclic) bond motifs is 3. The van der Waals surface area contributed by atoms with Gasteiger partial charge in [0.05, 0.1) is 5.92 Å². The lowest BCUT2D eigenvalue weighted by Gasteiger charge is -2.28. The highest BCUT2D eigenvalue weighted by Gasteiger charge is 2.54. The monoisotopic (exact) mass is 328 g/mol. The van der Waals surface area contributed by atoms with Crippen LogP contribution < -0.4 is 0 Å². The number of carbonyl (C=O) groups is 2. The Labute approximate surface area is 142 Å².